The summed E-state index contributed by atoms with van der Waals surface area (Å²) < 4.78 is 6.41. The molecule has 4 rings (SSSR count). The van der Waals surface area contributed by atoms with Gasteiger partial charge in [0.1, 0.15) is 11.3 Å². The molecule has 35 heavy (non-hydrogen) atoms. The molecule has 0 bridgehead atoms. The van der Waals surface area contributed by atoms with Gasteiger partial charge < -0.3 is 20.6 Å². The standard InChI is InChI=1S/C28H27N3O4/c1-15-11-21(17(3)31-24-8-6-5-7-20(24)28(33)34)27-22(12-15)25(32)16(2)26(35-27)18-9-10-23(29)19(13-18)14-30-4/h5-14,17,31H,29H2,1-4H3,(H,33,34)/t17-/m1/s1. The number of nitrogens with zero attached hydrogens (tertiary/aromatic N) is 1. The molecule has 7 nitrogen and oxygen atoms in total. The summed E-state index contributed by atoms with van der Waals surface area (Å²) in [5.41, 5.74) is 11.2. The zero-order chi connectivity index (χ0) is 25.3. The van der Waals surface area contributed by atoms with Gasteiger partial charge >= 0.3 is 5.97 Å². The average Bonchev–Trinajstić information content (AvgIpc) is 2.83. The van der Waals surface area contributed by atoms with E-state index in [1.807, 2.05) is 38.1 Å². The van der Waals surface area contributed by atoms with Crippen LogP contribution < -0.4 is 16.5 Å². The summed E-state index contributed by atoms with van der Waals surface area (Å²) in [7, 11) is 1.67. The number of nitrogens with one attached hydrogen (secondary N) is 1. The smallest absolute Gasteiger partial charge is 0.337 e. The number of carboxylic acid groups (broad SMARTS) is 1. The second-order valence-electron chi connectivity index (χ2n) is 8.56. The van der Waals surface area contributed by atoms with Crippen molar-refractivity contribution < 1.29 is 14.3 Å². The van der Waals surface area contributed by atoms with Crippen molar-refractivity contribution in [3.05, 3.63) is 92.6 Å². The monoisotopic (exact) mass is 469 g/mol. The van der Waals surface area contributed by atoms with Crippen molar-refractivity contribution in [2.45, 2.75) is 26.8 Å². The Morgan fingerprint density at radius 3 is 2.60 bits per heavy atom. The lowest BCUT2D eigenvalue weighted by atomic mass is 9.98. The lowest BCUT2D eigenvalue weighted by Gasteiger charge is -2.20. The normalized spacial score (nSPS) is 12.2. The summed E-state index contributed by atoms with van der Waals surface area (Å²) >= 11 is 0. The molecule has 0 saturated heterocycles. The van der Waals surface area contributed by atoms with E-state index in [1.165, 1.54) is 0 Å². The van der Waals surface area contributed by atoms with E-state index in [1.54, 1.807) is 50.5 Å². The maximum absolute atomic E-state index is 13.4. The summed E-state index contributed by atoms with van der Waals surface area (Å²) in [5, 5.41) is 13.3. The molecule has 0 saturated carbocycles. The summed E-state index contributed by atoms with van der Waals surface area (Å²) in [4.78, 5) is 29.1. The molecule has 0 aliphatic rings. The van der Waals surface area contributed by atoms with Crippen LogP contribution in [0.5, 0.6) is 0 Å². The van der Waals surface area contributed by atoms with Crippen LogP contribution in [0.2, 0.25) is 0 Å². The van der Waals surface area contributed by atoms with Gasteiger partial charge in [0, 0.05) is 46.9 Å². The first-order chi connectivity index (χ1) is 16.7. The number of aromatic carboxylic acids is 1. The number of benzene rings is 3. The van der Waals surface area contributed by atoms with Crippen LogP contribution >= 0.6 is 0 Å². The molecule has 4 aromatic rings. The maximum atomic E-state index is 13.4. The number of nitrogen functional groups attached to an aromatic ring is 1. The number of aryl methyl sites for hydroxylation is 1. The van der Waals surface area contributed by atoms with Crippen LogP contribution in [0.3, 0.4) is 0 Å². The molecule has 178 valence electrons. The van der Waals surface area contributed by atoms with Gasteiger partial charge in [0.25, 0.3) is 0 Å². The molecule has 7 heteroatoms. The number of hydrogen-bond acceptors (Lipinski definition) is 6. The number of para-hydroxylation sites is 1. The molecule has 0 aliphatic carbocycles. The van der Waals surface area contributed by atoms with E-state index in [2.05, 4.69) is 10.3 Å². The lowest BCUT2D eigenvalue weighted by Crippen LogP contribution is -2.14. The Morgan fingerprint density at radius 1 is 1.14 bits per heavy atom. The van der Waals surface area contributed by atoms with Gasteiger partial charge in [0.05, 0.1) is 17.0 Å². The van der Waals surface area contributed by atoms with Crippen molar-refractivity contribution in [3.8, 4) is 11.3 Å². The molecular formula is C28H27N3O4. The Kier molecular flexibility index (Phi) is 6.42. The van der Waals surface area contributed by atoms with Crippen LogP contribution in [-0.4, -0.2) is 24.3 Å². The Labute approximate surface area is 202 Å². The fourth-order valence-electron chi connectivity index (χ4n) is 4.24. The minimum atomic E-state index is -1.02. The van der Waals surface area contributed by atoms with E-state index >= 15 is 0 Å². The van der Waals surface area contributed by atoms with E-state index < -0.39 is 5.97 Å². The van der Waals surface area contributed by atoms with Gasteiger partial charge in [-0.05, 0) is 62.7 Å². The highest BCUT2D eigenvalue weighted by molar-refractivity contribution is 5.94. The molecule has 0 radical (unpaired) electrons. The number of nitrogens with two attached hydrogens (primary N) is 1. The third-order valence-corrected chi connectivity index (χ3v) is 6.01. The number of aliphatic imine (C=N–C) groups is 1. The predicted octanol–water partition coefficient (Wildman–Crippen LogP) is 5.58. The van der Waals surface area contributed by atoms with Gasteiger partial charge in [0.2, 0.25) is 0 Å². The second kappa shape index (κ2) is 9.46. The third kappa shape index (κ3) is 4.53. The molecule has 1 aromatic heterocycles. The van der Waals surface area contributed by atoms with Crippen molar-refractivity contribution >= 4 is 34.5 Å². The molecule has 4 N–H and O–H groups in total. The van der Waals surface area contributed by atoms with Gasteiger partial charge in [-0.25, -0.2) is 4.79 Å². The van der Waals surface area contributed by atoms with Crippen LogP contribution in [0, 0.1) is 13.8 Å². The summed E-state index contributed by atoms with van der Waals surface area (Å²) in [5.74, 6) is -0.565. The van der Waals surface area contributed by atoms with Crippen LogP contribution in [0.4, 0.5) is 11.4 Å². The maximum Gasteiger partial charge on any atom is 0.337 e. The second-order valence-corrected chi connectivity index (χ2v) is 8.56. The number of fused-ring (bicyclic) bond motifs is 1. The highest BCUT2D eigenvalue weighted by atomic mass is 16.4. The fraction of sp³-hybridized carbons (Fsp3) is 0.179. The van der Waals surface area contributed by atoms with E-state index in [0.717, 1.165) is 16.7 Å². The topological polar surface area (TPSA) is 118 Å². The predicted molar refractivity (Wildman–Crippen MR) is 141 cm³/mol. The van der Waals surface area contributed by atoms with Gasteiger partial charge in [-0.15, -0.1) is 0 Å². The number of anilines is 2. The Hall–Kier alpha value is -4.39. The molecule has 0 spiro atoms. The molecule has 3 aromatic carbocycles. The fourth-order valence-corrected chi connectivity index (χ4v) is 4.24. The number of carbonyl (C=O) groups is 1. The number of rotatable bonds is 6. The average molecular weight is 470 g/mol. The first kappa shape index (κ1) is 23.8. The highest BCUT2D eigenvalue weighted by Crippen LogP contribution is 2.33. The van der Waals surface area contributed by atoms with E-state index in [-0.39, 0.29) is 17.0 Å². The zero-order valence-corrected chi connectivity index (χ0v) is 20.0. The van der Waals surface area contributed by atoms with Crippen molar-refractivity contribution in [1.29, 1.82) is 0 Å². The molecule has 0 unspecified atom stereocenters. The first-order valence-electron chi connectivity index (χ1n) is 11.2. The molecule has 0 fully saturated rings. The van der Waals surface area contributed by atoms with Gasteiger partial charge in [-0.2, -0.15) is 0 Å². The van der Waals surface area contributed by atoms with Crippen LogP contribution in [-0.2, 0) is 0 Å². The summed E-state index contributed by atoms with van der Waals surface area (Å²) in [6.45, 7) is 5.57. The summed E-state index contributed by atoms with van der Waals surface area (Å²) in [6.07, 6.45) is 1.66. The number of hydrogen-bond donors (Lipinski definition) is 3. The summed E-state index contributed by atoms with van der Waals surface area (Å²) in [6, 6.07) is 15.6. The van der Waals surface area contributed by atoms with Crippen molar-refractivity contribution in [1.82, 2.24) is 0 Å². The van der Waals surface area contributed by atoms with Crippen LogP contribution in [0.25, 0.3) is 22.3 Å². The Morgan fingerprint density at radius 2 is 1.89 bits per heavy atom. The first-order valence-corrected chi connectivity index (χ1v) is 11.2. The van der Waals surface area contributed by atoms with Gasteiger partial charge in [-0.1, -0.05) is 18.2 Å². The SMILES string of the molecule is CN=Cc1cc(-c2oc3c([C@@H](C)Nc4ccccc4C(=O)O)cc(C)cc3c(=O)c2C)ccc1N. The van der Waals surface area contributed by atoms with E-state index in [4.69, 9.17) is 10.2 Å². The zero-order valence-electron chi connectivity index (χ0n) is 20.0. The van der Waals surface area contributed by atoms with E-state index in [0.29, 0.717) is 39.2 Å². The lowest BCUT2D eigenvalue weighted by molar-refractivity contribution is 0.0698. The minimum Gasteiger partial charge on any atom is -0.478 e. The van der Waals surface area contributed by atoms with Gasteiger partial charge in [-0.3, -0.25) is 9.79 Å². The van der Waals surface area contributed by atoms with E-state index in [9.17, 15) is 14.7 Å². The molecule has 1 heterocycles. The van der Waals surface area contributed by atoms with Gasteiger partial charge in [0.15, 0.2) is 5.43 Å². The van der Waals surface area contributed by atoms with Crippen molar-refractivity contribution in [2.24, 2.45) is 4.99 Å². The van der Waals surface area contributed by atoms with Crippen molar-refractivity contribution in [3.63, 3.8) is 0 Å². The minimum absolute atomic E-state index is 0.119. The highest BCUT2D eigenvalue weighted by Gasteiger charge is 2.20. The molecule has 1 atom stereocenters. The van der Waals surface area contributed by atoms with Crippen LogP contribution in [0.15, 0.2) is 68.8 Å². The van der Waals surface area contributed by atoms with Crippen LogP contribution in [0.1, 0.15) is 45.6 Å². The Balaban J connectivity index is 1.90. The largest absolute Gasteiger partial charge is 0.478 e. The molecule has 0 amide bonds. The quantitative estimate of drug-likeness (QED) is 0.251. The third-order valence-electron chi connectivity index (χ3n) is 6.01. The molecule has 0 aliphatic heterocycles. The number of carboxylic acids is 1. The molecular weight excluding hydrogens is 442 g/mol. The van der Waals surface area contributed by atoms with Crippen molar-refractivity contribution in [2.75, 3.05) is 18.1 Å². The Bertz CT molecular complexity index is 1540.